The van der Waals surface area contributed by atoms with Crippen LogP contribution in [-0.4, -0.2) is 24.2 Å². The van der Waals surface area contributed by atoms with Crippen LogP contribution in [0.2, 0.25) is 0 Å². The highest BCUT2D eigenvalue weighted by molar-refractivity contribution is 6.07. The van der Waals surface area contributed by atoms with E-state index in [1.54, 1.807) is 49.4 Å². The first kappa shape index (κ1) is 17.3. The molecule has 0 fully saturated rings. The number of para-hydroxylation sites is 3. The zero-order valence-electron chi connectivity index (χ0n) is 14.4. The van der Waals surface area contributed by atoms with E-state index in [4.69, 9.17) is 4.74 Å². The first-order valence-electron chi connectivity index (χ1n) is 8.01. The fourth-order valence-corrected chi connectivity index (χ4v) is 2.90. The summed E-state index contributed by atoms with van der Waals surface area (Å²) in [6.07, 6.45) is 0. The summed E-state index contributed by atoms with van der Waals surface area (Å²) >= 11 is 0. The summed E-state index contributed by atoms with van der Waals surface area (Å²) in [6.45, 7) is 1.64. The lowest BCUT2D eigenvalue weighted by Crippen LogP contribution is -2.46. The first-order valence-corrected chi connectivity index (χ1v) is 8.01. The average molecular weight is 353 g/mol. The molecule has 0 bridgehead atoms. The standard InChI is InChI=1S/C19H19N3O4/c1-11-16(18(24)21-13-8-4-6-10-15(13)26-2)17(22-19(25)20-11)12-7-3-5-9-14(12)23/h3-10,17,23H,1-2H3,(H,21,24)(H2,20,22,25)/t17-/m0/s1. The van der Waals surface area contributed by atoms with Crippen LogP contribution in [0.1, 0.15) is 18.5 Å². The van der Waals surface area contributed by atoms with E-state index in [1.165, 1.54) is 13.2 Å². The van der Waals surface area contributed by atoms with Crippen molar-refractivity contribution in [3.05, 3.63) is 65.4 Å². The molecule has 1 aliphatic rings. The summed E-state index contributed by atoms with van der Waals surface area (Å²) in [5.41, 5.74) is 1.66. The Morgan fingerprint density at radius 2 is 1.85 bits per heavy atom. The van der Waals surface area contributed by atoms with Crippen molar-refractivity contribution in [2.45, 2.75) is 13.0 Å². The predicted molar refractivity (Wildman–Crippen MR) is 96.8 cm³/mol. The molecule has 0 saturated heterocycles. The van der Waals surface area contributed by atoms with Gasteiger partial charge in [-0.05, 0) is 25.1 Å². The lowest BCUT2D eigenvalue weighted by atomic mass is 9.94. The van der Waals surface area contributed by atoms with Gasteiger partial charge in [0.2, 0.25) is 0 Å². The van der Waals surface area contributed by atoms with E-state index >= 15 is 0 Å². The van der Waals surface area contributed by atoms with Crippen LogP contribution in [0.25, 0.3) is 0 Å². The second-order valence-electron chi connectivity index (χ2n) is 5.78. The Bertz CT molecular complexity index is 892. The molecule has 1 atom stereocenters. The third-order valence-corrected chi connectivity index (χ3v) is 4.12. The molecular weight excluding hydrogens is 334 g/mol. The van der Waals surface area contributed by atoms with Crippen molar-refractivity contribution in [1.82, 2.24) is 10.6 Å². The van der Waals surface area contributed by atoms with Gasteiger partial charge in [-0.2, -0.15) is 0 Å². The third-order valence-electron chi connectivity index (χ3n) is 4.12. The number of carbonyl (C=O) groups is 2. The van der Waals surface area contributed by atoms with Gasteiger partial charge in [0.05, 0.1) is 24.4 Å². The van der Waals surface area contributed by atoms with Crippen LogP contribution >= 0.6 is 0 Å². The number of rotatable bonds is 4. The van der Waals surface area contributed by atoms with Crippen LogP contribution in [0.5, 0.6) is 11.5 Å². The van der Waals surface area contributed by atoms with Gasteiger partial charge < -0.3 is 25.8 Å². The van der Waals surface area contributed by atoms with Crippen molar-refractivity contribution in [1.29, 1.82) is 0 Å². The largest absolute Gasteiger partial charge is 0.508 e. The van der Waals surface area contributed by atoms with Gasteiger partial charge in [-0.1, -0.05) is 30.3 Å². The number of nitrogens with one attached hydrogen (secondary N) is 3. The van der Waals surface area contributed by atoms with Gasteiger partial charge in [0, 0.05) is 11.3 Å². The van der Waals surface area contributed by atoms with Crippen LogP contribution in [0.15, 0.2) is 59.8 Å². The Labute approximate surface area is 150 Å². The van der Waals surface area contributed by atoms with E-state index in [0.717, 1.165) is 0 Å². The Morgan fingerprint density at radius 1 is 1.15 bits per heavy atom. The minimum absolute atomic E-state index is 0.00454. The molecule has 4 N–H and O–H groups in total. The second-order valence-corrected chi connectivity index (χ2v) is 5.78. The van der Waals surface area contributed by atoms with Crippen molar-refractivity contribution >= 4 is 17.6 Å². The summed E-state index contributed by atoms with van der Waals surface area (Å²) < 4.78 is 5.25. The number of hydrogen-bond donors (Lipinski definition) is 4. The smallest absolute Gasteiger partial charge is 0.319 e. The minimum atomic E-state index is -0.778. The van der Waals surface area contributed by atoms with E-state index in [2.05, 4.69) is 16.0 Å². The van der Waals surface area contributed by atoms with Crippen molar-refractivity contribution in [3.8, 4) is 11.5 Å². The van der Waals surface area contributed by atoms with Gasteiger partial charge in [0.25, 0.3) is 5.91 Å². The van der Waals surface area contributed by atoms with Gasteiger partial charge >= 0.3 is 6.03 Å². The van der Waals surface area contributed by atoms with Crippen molar-refractivity contribution in [2.24, 2.45) is 0 Å². The highest BCUT2D eigenvalue weighted by atomic mass is 16.5. The summed E-state index contributed by atoms with van der Waals surface area (Å²) in [4.78, 5) is 24.9. The molecule has 0 aromatic heterocycles. The molecule has 7 nitrogen and oxygen atoms in total. The van der Waals surface area contributed by atoms with E-state index in [-0.39, 0.29) is 5.75 Å². The molecule has 0 radical (unpaired) electrons. The summed E-state index contributed by atoms with van der Waals surface area (Å²) in [7, 11) is 1.52. The van der Waals surface area contributed by atoms with Gasteiger partial charge in [-0.25, -0.2) is 4.79 Å². The Kier molecular flexibility index (Phi) is 4.79. The van der Waals surface area contributed by atoms with Crippen LogP contribution in [0, 0.1) is 0 Å². The third kappa shape index (κ3) is 3.32. The molecule has 3 amide bonds. The molecule has 7 heteroatoms. The maximum Gasteiger partial charge on any atom is 0.319 e. The zero-order chi connectivity index (χ0) is 18.7. The Morgan fingerprint density at radius 3 is 2.58 bits per heavy atom. The number of amides is 3. The molecule has 3 rings (SSSR count). The number of anilines is 1. The summed E-state index contributed by atoms with van der Waals surface area (Å²) in [5.74, 6) is 0.105. The molecule has 0 spiro atoms. The molecule has 0 unspecified atom stereocenters. The molecule has 2 aromatic carbocycles. The predicted octanol–water partition coefficient (Wildman–Crippen LogP) is 2.67. The Balaban J connectivity index is 1.99. The normalized spacial score (nSPS) is 16.5. The number of benzene rings is 2. The summed E-state index contributed by atoms with van der Waals surface area (Å²) in [6, 6.07) is 12.4. The van der Waals surface area contributed by atoms with Crippen molar-refractivity contribution < 1.29 is 19.4 Å². The number of aromatic hydroxyl groups is 1. The van der Waals surface area contributed by atoms with E-state index < -0.39 is 18.0 Å². The number of carbonyl (C=O) groups excluding carboxylic acids is 2. The number of urea groups is 1. The lowest BCUT2D eigenvalue weighted by Gasteiger charge is -2.29. The summed E-state index contributed by atoms with van der Waals surface area (Å²) in [5, 5.41) is 18.3. The fraction of sp³-hybridized carbons (Fsp3) is 0.158. The maximum atomic E-state index is 13.0. The Hall–Kier alpha value is -3.48. The second kappa shape index (κ2) is 7.18. The van der Waals surface area contributed by atoms with E-state index in [1.807, 2.05) is 0 Å². The number of hydrogen-bond acceptors (Lipinski definition) is 4. The van der Waals surface area contributed by atoms with Crippen LogP contribution < -0.4 is 20.7 Å². The maximum absolute atomic E-state index is 13.0. The fourth-order valence-electron chi connectivity index (χ4n) is 2.90. The van der Waals surface area contributed by atoms with Crippen molar-refractivity contribution in [2.75, 3.05) is 12.4 Å². The van der Waals surface area contributed by atoms with E-state index in [0.29, 0.717) is 28.3 Å². The highest BCUT2D eigenvalue weighted by Crippen LogP contribution is 2.33. The number of ether oxygens (including phenoxy) is 1. The quantitative estimate of drug-likeness (QED) is 0.679. The van der Waals surface area contributed by atoms with Gasteiger partial charge in [0.1, 0.15) is 11.5 Å². The molecule has 0 saturated carbocycles. The number of phenols is 1. The minimum Gasteiger partial charge on any atom is -0.508 e. The molecule has 1 heterocycles. The van der Waals surface area contributed by atoms with Crippen LogP contribution in [-0.2, 0) is 4.79 Å². The van der Waals surface area contributed by atoms with Crippen LogP contribution in [0.4, 0.5) is 10.5 Å². The zero-order valence-corrected chi connectivity index (χ0v) is 14.4. The molecule has 26 heavy (non-hydrogen) atoms. The number of phenolic OH excluding ortho intramolecular Hbond substituents is 1. The van der Waals surface area contributed by atoms with Gasteiger partial charge in [-0.15, -0.1) is 0 Å². The average Bonchev–Trinajstić information content (AvgIpc) is 2.61. The van der Waals surface area contributed by atoms with Crippen molar-refractivity contribution in [3.63, 3.8) is 0 Å². The van der Waals surface area contributed by atoms with Gasteiger partial charge in [0.15, 0.2) is 0 Å². The molecule has 0 aliphatic carbocycles. The first-order chi connectivity index (χ1) is 12.5. The molecule has 2 aromatic rings. The van der Waals surface area contributed by atoms with Gasteiger partial charge in [-0.3, -0.25) is 4.79 Å². The number of allylic oxidation sites excluding steroid dienone is 1. The van der Waals surface area contributed by atoms with Crippen LogP contribution in [0.3, 0.4) is 0 Å². The van der Waals surface area contributed by atoms with E-state index in [9.17, 15) is 14.7 Å². The lowest BCUT2D eigenvalue weighted by molar-refractivity contribution is -0.113. The molecular formula is C19H19N3O4. The monoisotopic (exact) mass is 353 g/mol. The topological polar surface area (TPSA) is 99.7 Å². The molecule has 1 aliphatic heterocycles. The molecule has 134 valence electrons. The highest BCUT2D eigenvalue weighted by Gasteiger charge is 2.32. The number of methoxy groups -OCH3 is 1. The SMILES string of the molecule is COc1ccccc1NC(=O)C1=C(C)NC(=O)N[C@H]1c1ccccc1O.